The SMILES string of the molecule is CCCN1CCN(C(=O)C2CCC3(CC2)OC(=O)c2ccccc23)CC1. The first-order valence-electron chi connectivity index (χ1n) is 9.97. The molecule has 0 bridgehead atoms. The van der Waals surface area contributed by atoms with E-state index in [2.05, 4.69) is 11.8 Å². The third-order valence-corrected chi connectivity index (χ3v) is 6.29. The van der Waals surface area contributed by atoms with E-state index in [0.29, 0.717) is 11.5 Å². The summed E-state index contributed by atoms with van der Waals surface area (Å²) in [4.78, 5) is 29.6. The molecular formula is C21H28N2O3. The topological polar surface area (TPSA) is 49.9 Å². The summed E-state index contributed by atoms with van der Waals surface area (Å²) in [5.41, 5.74) is 1.22. The fraction of sp³-hybridized carbons (Fsp3) is 0.619. The second kappa shape index (κ2) is 7.03. The van der Waals surface area contributed by atoms with Crippen molar-refractivity contribution < 1.29 is 14.3 Å². The van der Waals surface area contributed by atoms with E-state index in [1.807, 2.05) is 29.2 Å². The van der Waals surface area contributed by atoms with Gasteiger partial charge in [-0.05, 0) is 44.7 Å². The first-order chi connectivity index (χ1) is 12.6. The van der Waals surface area contributed by atoms with Crippen LogP contribution in [0.2, 0.25) is 0 Å². The van der Waals surface area contributed by atoms with Crippen LogP contribution in [0.4, 0.5) is 0 Å². The minimum Gasteiger partial charge on any atom is -0.451 e. The van der Waals surface area contributed by atoms with Gasteiger partial charge in [0.1, 0.15) is 5.60 Å². The average Bonchev–Trinajstić information content (AvgIpc) is 2.95. The van der Waals surface area contributed by atoms with Crippen molar-refractivity contribution in [3.05, 3.63) is 35.4 Å². The van der Waals surface area contributed by atoms with Crippen LogP contribution in [0.25, 0.3) is 0 Å². The van der Waals surface area contributed by atoms with Gasteiger partial charge >= 0.3 is 5.97 Å². The molecule has 2 fully saturated rings. The van der Waals surface area contributed by atoms with E-state index in [9.17, 15) is 9.59 Å². The number of carbonyl (C=O) groups is 2. The van der Waals surface area contributed by atoms with Crippen LogP contribution in [0.3, 0.4) is 0 Å². The molecule has 0 N–H and O–H groups in total. The number of hydrogen-bond acceptors (Lipinski definition) is 4. The molecule has 26 heavy (non-hydrogen) atoms. The van der Waals surface area contributed by atoms with E-state index >= 15 is 0 Å². The Kier molecular flexibility index (Phi) is 4.74. The summed E-state index contributed by atoms with van der Waals surface area (Å²) in [6, 6.07) is 7.71. The molecule has 3 aliphatic rings. The van der Waals surface area contributed by atoms with Crippen LogP contribution < -0.4 is 0 Å². The van der Waals surface area contributed by atoms with E-state index < -0.39 is 5.60 Å². The maximum atomic E-state index is 12.9. The third kappa shape index (κ3) is 3.02. The number of rotatable bonds is 3. The van der Waals surface area contributed by atoms with Crippen molar-refractivity contribution >= 4 is 11.9 Å². The predicted octanol–water partition coefficient (Wildman–Crippen LogP) is 2.80. The molecule has 0 radical (unpaired) electrons. The number of ether oxygens (including phenoxy) is 1. The first-order valence-corrected chi connectivity index (χ1v) is 9.97. The number of piperazine rings is 1. The summed E-state index contributed by atoms with van der Waals surface area (Å²) in [6.07, 6.45) is 4.27. The summed E-state index contributed by atoms with van der Waals surface area (Å²) in [7, 11) is 0. The van der Waals surface area contributed by atoms with E-state index in [-0.39, 0.29) is 11.9 Å². The maximum absolute atomic E-state index is 12.9. The van der Waals surface area contributed by atoms with Crippen LogP contribution >= 0.6 is 0 Å². The molecular weight excluding hydrogens is 328 g/mol. The molecule has 1 aromatic rings. The number of esters is 1. The van der Waals surface area contributed by atoms with Crippen molar-refractivity contribution in [1.82, 2.24) is 9.80 Å². The molecule has 0 unspecified atom stereocenters. The molecule has 2 aliphatic heterocycles. The van der Waals surface area contributed by atoms with Crippen molar-refractivity contribution in [1.29, 1.82) is 0 Å². The fourth-order valence-corrected chi connectivity index (χ4v) is 4.81. The largest absolute Gasteiger partial charge is 0.451 e. The lowest BCUT2D eigenvalue weighted by Gasteiger charge is -2.40. The number of benzene rings is 1. The normalized spacial score (nSPS) is 28.9. The lowest BCUT2D eigenvalue weighted by atomic mass is 9.74. The molecule has 0 atom stereocenters. The highest BCUT2D eigenvalue weighted by molar-refractivity contribution is 5.94. The highest BCUT2D eigenvalue weighted by Gasteiger charge is 2.48. The molecule has 1 amide bonds. The van der Waals surface area contributed by atoms with Crippen molar-refractivity contribution in [3.63, 3.8) is 0 Å². The van der Waals surface area contributed by atoms with Gasteiger partial charge in [-0.1, -0.05) is 25.1 Å². The molecule has 1 spiro atoms. The Morgan fingerprint density at radius 1 is 1.15 bits per heavy atom. The summed E-state index contributed by atoms with van der Waals surface area (Å²) >= 11 is 0. The Morgan fingerprint density at radius 2 is 1.85 bits per heavy atom. The third-order valence-electron chi connectivity index (χ3n) is 6.29. The van der Waals surface area contributed by atoms with Crippen LogP contribution in [0.1, 0.15) is 54.9 Å². The zero-order valence-corrected chi connectivity index (χ0v) is 15.6. The molecule has 5 heteroatoms. The molecule has 1 aliphatic carbocycles. The zero-order chi connectivity index (χ0) is 18.1. The zero-order valence-electron chi connectivity index (χ0n) is 15.6. The van der Waals surface area contributed by atoms with Crippen LogP contribution in [0, 0.1) is 5.92 Å². The smallest absolute Gasteiger partial charge is 0.339 e. The van der Waals surface area contributed by atoms with E-state index in [4.69, 9.17) is 4.74 Å². The van der Waals surface area contributed by atoms with Crippen molar-refractivity contribution in [2.45, 2.75) is 44.6 Å². The van der Waals surface area contributed by atoms with Gasteiger partial charge in [-0.15, -0.1) is 0 Å². The second-order valence-electron chi connectivity index (χ2n) is 7.87. The summed E-state index contributed by atoms with van der Waals surface area (Å²) in [5, 5.41) is 0. The average molecular weight is 356 g/mol. The Balaban J connectivity index is 1.37. The number of hydrogen-bond donors (Lipinski definition) is 0. The Morgan fingerprint density at radius 3 is 2.54 bits per heavy atom. The first kappa shape index (κ1) is 17.5. The number of nitrogens with zero attached hydrogens (tertiary/aromatic N) is 2. The number of carbonyl (C=O) groups excluding carboxylic acids is 2. The van der Waals surface area contributed by atoms with Gasteiger partial charge in [0.2, 0.25) is 5.91 Å². The molecule has 1 saturated carbocycles. The molecule has 140 valence electrons. The molecule has 5 nitrogen and oxygen atoms in total. The van der Waals surface area contributed by atoms with Gasteiger partial charge in [-0.3, -0.25) is 9.69 Å². The molecule has 4 rings (SSSR count). The maximum Gasteiger partial charge on any atom is 0.339 e. The monoisotopic (exact) mass is 356 g/mol. The highest BCUT2D eigenvalue weighted by Crippen LogP contribution is 2.48. The predicted molar refractivity (Wildman–Crippen MR) is 98.8 cm³/mol. The van der Waals surface area contributed by atoms with Crippen molar-refractivity contribution in [3.8, 4) is 0 Å². The Labute approximate surface area is 155 Å². The molecule has 1 aromatic carbocycles. The molecule has 0 aromatic heterocycles. The van der Waals surface area contributed by atoms with Gasteiger partial charge in [0.05, 0.1) is 5.56 Å². The lowest BCUT2D eigenvalue weighted by molar-refractivity contribution is -0.140. The van der Waals surface area contributed by atoms with E-state index in [1.54, 1.807) is 0 Å². The fourth-order valence-electron chi connectivity index (χ4n) is 4.81. The van der Waals surface area contributed by atoms with Crippen LogP contribution in [-0.4, -0.2) is 54.4 Å². The minimum absolute atomic E-state index is 0.0739. The lowest BCUT2D eigenvalue weighted by Crippen LogP contribution is -2.51. The summed E-state index contributed by atoms with van der Waals surface area (Å²) in [5.74, 6) is 0.163. The van der Waals surface area contributed by atoms with Gasteiger partial charge in [0, 0.05) is 37.7 Å². The Hall–Kier alpha value is -1.88. The van der Waals surface area contributed by atoms with Gasteiger partial charge < -0.3 is 9.64 Å². The minimum atomic E-state index is -0.496. The molecule has 2 heterocycles. The number of fused-ring (bicyclic) bond motifs is 2. The van der Waals surface area contributed by atoms with Crippen LogP contribution in [0.15, 0.2) is 24.3 Å². The van der Waals surface area contributed by atoms with E-state index in [1.165, 1.54) is 6.42 Å². The van der Waals surface area contributed by atoms with Crippen LogP contribution in [0.5, 0.6) is 0 Å². The standard InChI is InChI=1S/C21H28N2O3/c1-2-11-22-12-14-23(15-13-22)19(24)16-7-9-21(10-8-16)18-6-4-3-5-17(18)20(25)26-21/h3-6,16H,2,7-15H2,1H3. The quantitative estimate of drug-likeness (QED) is 0.782. The van der Waals surface area contributed by atoms with Crippen molar-refractivity contribution in [2.75, 3.05) is 32.7 Å². The Bertz CT molecular complexity index is 686. The summed E-state index contributed by atoms with van der Waals surface area (Å²) < 4.78 is 5.80. The second-order valence-corrected chi connectivity index (χ2v) is 7.87. The highest BCUT2D eigenvalue weighted by atomic mass is 16.6. The van der Waals surface area contributed by atoms with Gasteiger partial charge in [0.15, 0.2) is 0 Å². The van der Waals surface area contributed by atoms with Crippen LogP contribution in [-0.2, 0) is 15.1 Å². The molecule has 1 saturated heterocycles. The summed E-state index contributed by atoms with van der Waals surface area (Å²) in [6.45, 7) is 6.99. The van der Waals surface area contributed by atoms with Crippen molar-refractivity contribution in [2.24, 2.45) is 5.92 Å². The van der Waals surface area contributed by atoms with Gasteiger partial charge in [-0.2, -0.15) is 0 Å². The van der Waals surface area contributed by atoms with Gasteiger partial charge in [0.25, 0.3) is 0 Å². The van der Waals surface area contributed by atoms with E-state index in [0.717, 1.165) is 64.0 Å². The van der Waals surface area contributed by atoms with Gasteiger partial charge in [-0.25, -0.2) is 4.79 Å². The number of amides is 1.